The minimum Gasteiger partial charge on any atom is -0.353 e. The number of anilines is 2. The highest BCUT2D eigenvalue weighted by Gasteiger charge is 2.22. The molecule has 7 heteroatoms. The van der Waals surface area contributed by atoms with Gasteiger partial charge in [-0.15, -0.1) is 11.3 Å². The Morgan fingerprint density at radius 2 is 1.68 bits per heavy atom. The average molecular weight is 389 g/mol. The topological polar surface area (TPSA) is 58.0 Å². The van der Waals surface area contributed by atoms with E-state index in [9.17, 15) is 0 Å². The van der Waals surface area contributed by atoms with Crippen LogP contribution in [0.4, 0.5) is 11.6 Å². The molecule has 0 unspecified atom stereocenters. The van der Waals surface area contributed by atoms with E-state index in [0.29, 0.717) is 0 Å². The fraction of sp³-hybridized carbons (Fsp3) is 0.238. The Hall–Kier alpha value is -3.06. The maximum atomic E-state index is 4.96. The van der Waals surface area contributed by atoms with Crippen LogP contribution in [0.15, 0.2) is 54.0 Å². The molecule has 1 aliphatic heterocycles. The highest BCUT2D eigenvalue weighted by molar-refractivity contribution is 7.13. The second-order valence-corrected chi connectivity index (χ2v) is 7.75. The predicted octanol–water partition coefficient (Wildman–Crippen LogP) is 3.78. The minimum atomic E-state index is 0.803. The van der Waals surface area contributed by atoms with Crippen LogP contribution in [-0.4, -0.2) is 46.1 Å². The molecule has 4 aromatic rings. The molecule has 1 fully saturated rings. The van der Waals surface area contributed by atoms with Gasteiger partial charge in [0.15, 0.2) is 5.82 Å². The maximum absolute atomic E-state index is 4.96. The van der Waals surface area contributed by atoms with Crippen molar-refractivity contribution in [2.75, 3.05) is 36.0 Å². The van der Waals surface area contributed by atoms with Crippen molar-refractivity contribution in [3.05, 3.63) is 59.9 Å². The summed E-state index contributed by atoms with van der Waals surface area (Å²) in [6.07, 6.45) is 1.83. The Labute approximate surface area is 167 Å². The number of hydrogen-bond acceptors (Lipinski definition) is 7. The number of nitrogens with zero attached hydrogens (tertiary/aromatic N) is 6. The van der Waals surface area contributed by atoms with Gasteiger partial charge in [0.1, 0.15) is 17.5 Å². The Morgan fingerprint density at radius 1 is 0.857 bits per heavy atom. The first-order chi connectivity index (χ1) is 13.8. The van der Waals surface area contributed by atoms with E-state index in [0.717, 1.165) is 65.2 Å². The van der Waals surface area contributed by atoms with Crippen molar-refractivity contribution in [1.29, 1.82) is 0 Å². The number of benzene rings is 1. The molecular weight excluding hydrogens is 368 g/mol. The van der Waals surface area contributed by atoms with E-state index >= 15 is 0 Å². The highest BCUT2D eigenvalue weighted by Crippen LogP contribution is 2.30. The van der Waals surface area contributed by atoms with Crippen LogP contribution in [0.5, 0.6) is 0 Å². The van der Waals surface area contributed by atoms with Crippen LogP contribution in [0, 0.1) is 6.92 Å². The van der Waals surface area contributed by atoms with Crippen LogP contribution >= 0.6 is 11.3 Å². The maximum Gasteiger partial charge on any atom is 0.172 e. The number of hydrogen-bond donors (Lipinski definition) is 0. The normalized spacial score (nSPS) is 14.6. The average Bonchev–Trinajstić information content (AvgIpc) is 3.28. The van der Waals surface area contributed by atoms with Crippen molar-refractivity contribution >= 4 is 33.9 Å². The van der Waals surface area contributed by atoms with Crippen LogP contribution in [0.3, 0.4) is 0 Å². The number of thiophene rings is 1. The number of para-hydroxylation sites is 1. The van der Waals surface area contributed by atoms with Gasteiger partial charge in [0.05, 0.1) is 10.4 Å². The molecule has 3 aromatic heterocycles. The smallest absolute Gasteiger partial charge is 0.172 e. The zero-order valence-electron chi connectivity index (χ0n) is 15.6. The van der Waals surface area contributed by atoms with Gasteiger partial charge in [0.25, 0.3) is 0 Å². The van der Waals surface area contributed by atoms with E-state index in [1.807, 2.05) is 31.3 Å². The highest BCUT2D eigenvalue weighted by atomic mass is 32.1. The Balaban J connectivity index is 1.46. The fourth-order valence-corrected chi connectivity index (χ4v) is 4.24. The van der Waals surface area contributed by atoms with E-state index in [1.165, 1.54) is 0 Å². The van der Waals surface area contributed by atoms with Crippen molar-refractivity contribution in [2.24, 2.45) is 0 Å². The first-order valence-corrected chi connectivity index (χ1v) is 10.3. The summed E-state index contributed by atoms with van der Waals surface area (Å²) in [6.45, 7) is 5.53. The molecule has 0 spiro atoms. The summed E-state index contributed by atoms with van der Waals surface area (Å²) in [5, 5.41) is 3.17. The van der Waals surface area contributed by atoms with Crippen molar-refractivity contribution < 1.29 is 0 Å². The van der Waals surface area contributed by atoms with E-state index in [2.05, 4.69) is 49.4 Å². The first-order valence-electron chi connectivity index (χ1n) is 9.38. The van der Waals surface area contributed by atoms with Crippen molar-refractivity contribution in [1.82, 2.24) is 19.9 Å². The van der Waals surface area contributed by atoms with Crippen molar-refractivity contribution in [3.63, 3.8) is 0 Å². The summed E-state index contributed by atoms with van der Waals surface area (Å²) >= 11 is 1.67. The van der Waals surface area contributed by atoms with Gasteiger partial charge in [-0.1, -0.05) is 18.2 Å². The lowest BCUT2D eigenvalue weighted by Gasteiger charge is -2.36. The van der Waals surface area contributed by atoms with Gasteiger partial charge < -0.3 is 9.80 Å². The molecule has 0 aliphatic carbocycles. The van der Waals surface area contributed by atoms with Crippen LogP contribution in [0.25, 0.3) is 21.6 Å². The quantitative estimate of drug-likeness (QED) is 0.532. The van der Waals surface area contributed by atoms with E-state index in [4.69, 9.17) is 9.97 Å². The van der Waals surface area contributed by atoms with Crippen molar-refractivity contribution in [2.45, 2.75) is 6.92 Å². The third-order valence-corrected chi connectivity index (χ3v) is 5.86. The van der Waals surface area contributed by atoms with Crippen LogP contribution < -0.4 is 9.80 Å². The van der Waals surface area contributed by atoms with Crippen LogP contribution in [0.1, 0.15) is 5.82 Å². The molecule has 1 aliphatic rings. The number of fused-ring (bicyclic) bond motifs is 1. The second kappa shape index (κ2) is 7.16. The zero-order chi connectivity index (χ0) is 18.9. The lowest BCUT2D eigenvalue weighted by Crippen LogP contribution is -2.47. The van der Waals surface area contributed by atoms with Gasteiger partial charge in [-0.2, -0.15) is 0 Å². The van der Waals surface area contributed by atoms with E-state index in [1.54, 1.807) is 11.3 Å². The van der Waals surface area contributed by atoms with Crippen LogP contribution in [0.2, 0.25) is 0 Å². The fourth-order valence-electron chi connectivity index (χ4n) is 3.58. The predicted molar refractivity (Wildman–Crippen MR) is 114 cm³/mol. The monoisotopic (exact) mass is 388 g/mol. The standard InChI is InChI=1S/C21H20N6S/c1-15-22-9-8-19(23-15)26-10-12-27(13-11-26)21-16-5-2-3-6-17(16)24-20(25-21)18-7-4-14-28-18/h2-9,14H,10-13H2,1H3. The molecule has 28 heavy (non-hydrogen) atoms. The minimum absolute atomic E-state index is 0.803. The van der Waals surface area contributed by atoms with E-state index < -0.39 is 0 Å². The van der Waals surface area contributed by atoms with E-state index in [-0.39, 0.29) is 0 Å². The summed E-state index contributed by atoms with van der Waals surface area (Å²) < 4.78 is 0. The third kappa shape index (κ3) is 3.18. The molecule has 5 rings (SSSR count). The van der Waals surface area contributed by atoms with Gasteiger partial charge in [0.2, 0.25) is 0 Å². The molecule has 0 amide bonds. The molecule has 140 valence electrons. The van der Waals surface area contributed by atoms with Gasteiger partial charge in [-0.3, -0.25) is 0 Å². The summed E-state index contributed by atoms with van der Waals surface area (Å²) in [6, 6.07) is 14.4. The number of aromatic nitrogens is 4. The Morgan fingerprint density at radius 3 is 2.46 bits per heavy atom. The third-order valence-electron chi connectivity index (χ3n) is 4.99. The molecule has 1 saturated heterocycles. The zero-order valence-corrected chi connectivity index (χ0v) is 16.4. The van der Waals surface area contributed by atoms with Crippen LogP contribution in [-0.2, 0) is 0 Å². The molecule has 0 N–H and O–H groups in total. The molecule has 1 aromatic carbocycles. The van der Waals surface area contributed by atoms with Gasteiger partial charge >= 0.3 is 0 Å². The SMILES string of the molecule is Cc1nccc(N2CCN(c3nc(-c4cccs4)nc4ccccc34)CC2)n1. The number of rotatable bonds is 3. The lowest BCUT2D eigenvalue weighted by molar-refractivity contribution is 0.641. The molecule has 0 atom stereocenters. The molecule has 0 bridgehead atoms. The lowest BCUT2D eigenvalue weighted by atomic mass is 10.2. The molecule has 0 saturated carbocycles. The number of piperazine rings is 1. The molecule has 6 nitrogen and oxygen atoms in total. The Bertz CT molecular complexity index is 1100. The second-order valence-electron chi connectivity index (χ2n) is 6.80. The summed E-state index contributed by atoms with van der Waals surface area (Å²) in [5.41, 5.74) is 0.991. The summed E-state index contributed by atoms with van der Waals surface area (Å²) in [4.78, 5) is 24.3. The van der Waals surface area contributed by atoms with Gasteiger partial charge in [0, 0.05) is 37.8 Å². The largest absolute Gasteiger partial charge is 0.353 e. The Kier molecular flexibility index (Phi) is 4.37. The summed E-state index contributed by atoms with van der Waals surface area (Å²) in [5.74, 6) is 3.63. The van der Waals surface area contributed by atoms with Gasteiger partial charge in [-0.05, 0) is 36.6 Å². The first kappa shape index (κ1) is 17.1. The molecule has 0 radical (unpaired) electrons. The molecule has 4 heterocycles. The number of aryl methyl sites for hydroxylation is 1. The van der Waals surface area contributed by atoms with Crippen molar-refractivity contribution in [3.8, 4) is 10.7 Å². The van der Waals surface area contributed by atoms with Gasteiger partial charge in [-0.25, -0.2) is 19.9 Å². The molecular formula is C21H20N6S. The summed E-state index contributed by atoms with van der Waals surface area (Å²) in [7, 11) is 0.